The van der Waals surface area contributed by atoms with E-state index < -0.39 is 0 Å². The molecule has 0 bridgehead atoms. The summed E-state index contributed by atoms with van der Waals surface area (Å²) in [5, 5.41) is 8.92. The fraction of sp³-hybridized carbons (Fsp3) is 0.417. The van der Waals surface area contributed by atoms with Gasteiger partial charge < -0.3 is 14.6 Å². The van der Waals surface area contributed by atoms with Crippen LogP contribution in [-0.4, -0.2) is 31.7 Å². The molecular weight excluding hydrogens is 288 g/mol. The summed E-state index contributed by atoms with van der Waals surface area (Å²) in [4.78, 5) is 10.7. The number of aldehydes is 1. The standard InChI is InChI=1S/C12H15BrO4/c1-8(5-14)7-17-12-10(13)3-9(6-15)4-11(12)16-2/h3-4,6,8,14H,5,7H2,1-2H3. The van der Waals surface area contributed by atoms with Crippen LogP contribution in [-0.2, 0) is 0 Å². The average Bonchev–Trinajstić information content (AvgIpc) is 2.35. The second-order valence-electron chi connectivity index (χ2n) is 3.75. The number of hydrogen-bond acceptors (Lipinski definition) is 4. The lowest BCUT2D eigenvalue weighted by molar-refractivity contribution is 0.112. The Hall–Kier alpha value is -1.07. The van der Waals surface area contributed by atoms with E-state index in [0.29, 0.717) is 28.1 Å². The fourth-order valence-electron chi connectivity index (χ4n) is 1.23. The van der Waals surface area contributed by atoms with Crippen molar-refractivity contribution in [1.29, 1.82) is 0 Å². The van der Waals surface area contributed by atoms with Gasteiger partial charge in [-0.3, -0.25) is 4.79 Å². The highest BCUT2D eigenvalue weighted by molar-refractivity contribution is 9.10. The van der Waals surface area contributed by atoms with Crippen molar-refractivity contribution in [3.05, 3.63) is 22.2 Å². The van der Waals surface area contributed by atoms with Crippen LogP contribution in [0.1, 0.15) is 17.3 Å². The molecule has 0 fully saturated rings. The number of carbonyl (C=O) groups is 1. The summed E-state index contributed by atoms with van der Waals surface area (Å²) in [5.74, 6) is 1.07. The van der Waals surface area contributed by atoms with Gasteiger partial charge in [-0.15, -0.1) is 0 Å². The minimum absolute atomic E-state index is 0.0392. The van der Waals surface area contributed by atoms with Gasteiger partial charge in [-0.1, -0.05) is 6.92 Å². The maximum atomic E-state index is 10.7. The topological polar surface area (TPSA) is 55.8 Å². The van der Waals surface area contributed by atoms with E-state index in [1.165, 1.54) is 7.11 Å². The van der Waals surface area contributed by atoms with Crippen LogP contribution in [0.2, 0.25) is 0 Å². The molecule has 1 aromatic rings. The molecule has 17 heavy (non-hydrogen) atoms. The third kappa shape index (κ3) is 3.71. The summed E-state index contributed by atoms with van der Waals surface area (Å²) >= 11 is 3.33. The Balaban J connectivity index is 2.93. The van der Waals surface area contributed by atoms with Gasteiger partial charge in [-0.25, -0.2) is 0 Å². The average molecular weight is 303 g/mol. The van der Waals surface area contributed by atoms with Crippen molar-refractivity contribution in [1.82, 2.24) is 0 Å². The lowest BCUT2D eigenvalue weighted by Crippen LogP contribution is -2.12. The molecule has 1 rings (SSSR count). The Bertz CT molecular complexity index is 392. The van der Waals surface area contributed by atoms with Gasteiger partial charge in [0.2, 0.25) is 0 Å². The first-order valence-corrected chi connectivity index (χ1v) is 5.98. The molecule has 1 N–H and O–H groups in total. The fourth-order valence-corrected chi connectivity index (χ4v) is 1.80. The summed E-state index contributed by atoms with van der Waals surface area (Å²) in [7, 11) is 1.51. The van der Waals surface area contributed by atoms with Crippen LogP contribution >= 0.6 is 15.9 Å². The molecule has 0 amide bonds. The van der Waals surface area contributed by atoms with Crippen LogP contribution in [0.3, 0.4) is 0 Å². The van der Waals surface area contributed by atoms with Crippen molar-refractivity contribution in [2.75, 3.05) is 20.3 Å². The van der Waals surface area contributed by atoms with Gasteiger partial charge in [0.15, 0.2) is 11.5 Å². The molecule has 94 valence electrons. The third-order valence-corrected chi connectivity index (χ3v) is 2.80. The third-order valence-electron chi connectivity index (χ3n) is 2.21. The molecule has 0 radical (unpaired) electrons. The number of rotatable bonds is 6. The number of aliphatic hydroxyl groups excluding tert-OH is 1. The largest absolute Gasteiger partial charge is 0.493 e. The van der Waals surface area contributed by atoms with Gasteiger partial charge in [-0.2, -0.15) is 0 Å². The lowest BCUT2D eigenvalue weighted by atomic mass is 10.2. The van der Waals surface area contributed by atoms with Gasteiger partial charge in [-0.05, 0) is 28.1 Å². The van der Waals surface area contributed by atoms with Gasteiger partial charge in [0.1, 0.15) is 6.29 Å². The van der Waals surface area contributed by atoms with Crippen molar-refractivity contribution in [2.45, 2.75) is 6.92 Å². The van der Waals surface area contributed by atoms with Gasteiger partial charge in [0.25, 0.3) is 0 Å². The number of methoxy groups -OCH3 is 1. The highest BCUT2D eigenvalue weighted by Crippen LogP contribution is 2.36. The molecule has 0 aliphatic heterocycles. The van der Waals surface area contributed by atoms with E-state index in [4.69, 9.17) is 14.6 Å². The smallest absolute Gasteiger partial charge is 0.175 e. The van der Waals surface area contributed by atoms with Gasteiger partial charge in [0.05, 0.1) is 18.2 Å². The quantitative estimate of drug-likeness (QED) is 0.819. The highest BCUT2D eigenvalue weighted by Gasteiger charge is 2.12. The van der Waals surface area contributed by atoms with Crippen molar-refractivity contribution in [3.63, 3.8) is 0 Å². The Labute approximate surface area is 109 Å². The van der Waals surface area contributed by atoms with E-state index in [0.717, 1.165) is 6.29 Å². The zero-order valence-electron chi connectivity index (χ0n) is 9.77. The molecule has 1 atom stereocenters. The second kappa shape index (κ2) is 6.61. The van der Waals surface area contributed by atoms with Gasteiger partial charge >= 0.3 is 0 Å². The van der Waals surface area contributed by atoms with Crippen LogP contribution in [0, 0.1) is 5.92 Å². The van der Waals surface area contributed by atoms with E-state index in [9.17, 15) is 4.79 Å². The van der Waals surface area contributed by atoms with Gasteiger partial charge in [0, 0.05) is 18.1 Å². The summed E-state index contributed by atoms with van der Waals surface area (Å²) in [6.07, 6.45) is 0.743. The Kier molecular flexibility index (Phi) is 5.44. The van der Waals surface area contributed by atoms with E-state index in [2.05, 4.69) is 15.9 Å². The molecule has 0 spiro atoms. The Morgan fingerprint density at radius 3 is 2.76 bits per heavy atom. The van der Waals surface area contributed by atoms with Crippen LogP contribution in [0.5, 0.6) is 11.5 Å². The van der Waals surface area contributed by atoms with E-state index in [1.807, 2.05) is 6.92 Å². The second-order valence-corrected chi connectivity index (χ2v) is 4.61. The van der Waals surface area contributed by atoms with Crippen molar-refractivity contribution >= 4 is 22.2 Å². The molecule has 0 aliphatic carbocycles. The molecule has 4 nitrogen and oxygen atoms in total. The predicted octanol–water partition coefficient (Wildman–Crippen LogP) is 2.28. The molecular formula is C12H15BrO4. The minimum atomic E-state index is 0.0392. The first kappa shape index (κ1) is 14.0. The van der Waals surface area contributed by atoms with Crippen LogP contribution in [0.4, 0.5) is 0 Å². The van der Waals surface area contributed by atoms with Crippen molar-refractivity contribution in [2.24, 2.45) is 5.92 Å². The van der Waals surface area contributed by atoms with Crippen molar-refractivity contribution in [3.8, 4) is 11.5 Å². The van der Waals surface area contributed by atoms with E-state index >= 15 is 0 Å². The molecule has 0 aliphatic rings. The molecule has 0 heterocycles. The highest BCUT2D eigenvalue weighted by atomic mass is 79.9. The van der Waals surface area contributed by atoms with Crippen LogP contribution in [0.15, 0.2) is 16.6 Å². The summed E-state index contributed by atoms with van der Waals surface area (Å²) < 4.78 is 11.4. The summed E-state index contributed by atoms with van der Waals surface area (Å²) in [6, 6.07) is 3.27. The number of benzene rings is 1. The SMILES string of the molecule is COc1cc(C=O)cc(Br)c1OCC(C)CO. The number of ether oxygens (including phenoxy) is 2. The maximum absolute atomic E-state index is 10.7. The Morgan fingerprint density at radius 1 is 1.53 bits per heavy atom. The monoisotopic (exact) mass is 302 g/mol. The summed E-state index contributed by atoms with van der Waals surface area (Å²) in [6.45, 7) is 2.32. The number of halogens is 1. The molecule has 1 aromatic carbocycles. The zero-order chi connectivity index (χ0) is 12.8. The normalized spacial score (nSPS) is 12.0. The number of aliphatic hydroxyl groups is 1. The molecule has 5 heteroatoms. The molecule has 1 unspecified atom stereocenters. The molecule has 0 aromatic heterocycles. The van der Waals surface area contributed by atoms with E-state index in [1.54, 1.807) is 12.1 Å². The number of hydrogen-bond donors (Lipinski definition) is 1. The first-order chi connectivity index (χ1) is 8.12. The first-order valence-electron chi connectivity index (χ1n) is 5.18. The minimum Gasteiger partial charge on any atom is -0.493 e. The van der Waals surface area contributed by atoms with Crippen LogP contribution in [0.25, 0.3) is 0 Å². The number of carbonyl (C=O) groups excluding carboxylic acids is 1. The van der Waals surface area contributed by atoms with Crippen LogP contribution < -0.4 is 9.47 Å². The maximum Gasteiger partial charge on any atom is 0.175 e. The molecule has 0 saturated carbocycles. The molecule has 0 saturated heterocycles. The summed E-state index contributed by atoms with van der Waals surface area (Å²) in [5.41, 5.74) is 0.510. The predicted molar refractivity (Wildman–Crippen MR) is 67.8 cm³/mol. The Morgan fingerprint density at radius 2 is 2.24 bits per heavy atom. The lowest BCUT2D eigenvalue weighted by Gasteiger charge is -2.15. The van der Waals surface area contributed by atoms with E-state index in [-0.39, 0.29) is 12.5 Å². The zero-order valence-corrected chi connectivity index (χ0v) is 11.4. The van der Waals surface area contributed by atoms with Crippen molar-refractivity contribution < 1.29 is 19.4 Å².